The topological polar surface area (TPSA) is 99.6 Å². The summed E-state index contributed by atoms with van der Waals surface area (Å²) in [6.07, 6.45) is 0.895. The van der Waals surface area contributed by atoms with E-state index in [1.165, 1.54) is 24.9 Å². The van der Waals surface area contributed by atoms with Crippen LogP contribution in [0.25, 0.3) is 10.9 Å². The zero-order valence-corrected chi connectivity index (χ0v) is 20.6. The summed E-state index contributed by atoms with van der Waals surface area (Å²) in [5, 5.41) is 17.1. The van der Waals surface area contributed by atoms with Gasteiger partial charge >= 0.3 is 0 Å². The summed E-state index contributed by atoms with van der Waals surface area (Å²) in [4.78, 5) is 23.1. The number of hydrogen-bond donors (Lipinski definition) is 3. The van der Waals surface area contributed by atoms with Crippen molar-refractivity contribution in [2.75, 3.05) is 44.4 Å². The Morgan fingerprint density at radius 3 is 2.97 bits per heavy atom. The van der Waals surface area contributed by atoms with Crippen molar-refractivity contribution in [3.8, 4) is 5.75 Å². The zero-order valence-electron chi connectivity index (χ0n) is 19.8. The zero-order chi connectivity index (χ0) is 25.2. The van der Waals surface area contributed by atoms with E-state index in [-0.39, 0.29) is 17.3 Å². The lowest BCUT2D eigenvalue weighted by atomic mass is 10.0. The molecule has 2 aliphatic heterocycles. The van der Waals surface area contributed by atoms with Crippen LogP contribution in [-0.2, 0) is 17.8 Å². The number of methoxy groups -OCH3 is 1. The third-order valence-corrected chi connectivity index (χ3v) is 7.65. The number of fused-ring (bicyclic) bond motifs is 2. The Balaban J connectivity index is 1.17. The molecule has 2 atom stereocenters. The molecule has 0 spiro atoms. The predicted molar refractivity (Wildman–Crippen MR) is 133 cm³/mol. The van der Waals surface area contributed by atoms with Crippen molar-refractivity contribution in [2.24, 2.45) is 5.92 Å². The molecule has 0 saturated carbocycles. The van der Waals surface area contributed by atoms with E-state index < -0.39 is 17.7 Å². The van der Waals surface area contributed by atoms with Gasteiger partial charge < -0.3 is 25.4 Å². The van der Waals surface area contributed by atoms with Gasteiger partial charge in [-0.05, 0) is 24.6 Å². The lowest BCUT2D eigenvalue weighted by molar-refractivity contribution is -0.113. The second-order valence-electron chi connectivity index (χ2n) is 9.04. The number of hydrogen-bond acceptors (Lipinski definition) is 8. The molecule has 1 amide bonds. The van der Waals surface area contributed by atoms with E-state index in [1.807, 2.05) is 12.1 Å². The Hall–Kier alpha value is -2.86. The number of aliphatic hydroxyl groups excluding tert-OH is 1. The molecule has 0 radical (unpaired) electrons. The Kier molecular flexibility index (Phi) is 7.33. The summed E-state index contributed by atoms with van der Waals surface area (Å²) in [6, 6.07) is 6.73. The third-order valence-electron chi connectivity index (χ3n) is 6.60. The molecule has 3 N–H and O–H groups in total. The van der Waals surface area contributed by atoms with E-state index in [2.05, 4.69) is 25.5 Å². The Labute approximate surface area is 211 Å². The molecule has 1 saturated heterocycles. The molecule has 0 unspecified atom stereocenters. The fraction of sp³-hybridized carbons (Fsp3) is 0.400. The number of nitrogens with zero attached hydrogens (tertiary/aromatic N) is 3. The number of pyridine rings is 2. The first-order valence-electron chi connectivity index (χ1n) is 11.8. The fourth-order valence-corrected chi connectivity index (χ4v) is 5.47. The van der Waals surface area contributed by atoms with Gasteiger partial charge in [-0.2, -0.15) is 0 Å². The van der Waals surface area contributed by atoms with Gasteiger partial charge in [-0.3, -0.25) is 9.78 Å². The van der Waals surface area contributed by atoms with Gasteiger partial charge in [0.05, 0.1) is 35.8 Å². The van der Waals surface area contributed by atoms with Crippen molar-refractivity contribution >= 4 is 34.4 Å². The van der Waals surface area contributed by atoms with E-state index in [9.17, 15) is 18.7 Å². The van der Waals surface area contributed by atoms with Gasteiger partial charge in [-0.1, -0.05) is 0 Å². The predicted octanol–water partition coefficient (Wildman–Crippen LogP) is 2.59. The van der Waals surface area contributed by atoms with Crippen molar-refractivity contribution in [3.05, 3.63) is 53.4 Å². The Bertz CT molecular complexity index is 1290. The molecule has 2 aromatic heterocycles. The maximum atomic E-state index is 14.6. The molecule has 4 heterocycles. The highest BCUT2D eigenvalue weighted by atomic mass is 32.2. The Morgan fingerprint density at radius 2 is 2.14 bits per heavy atom. The van der Waals surface area contributed by atoms with E-state index in [4.69, 9.17) is 4.74 Å². The van der Waals surface area contributed by atoms with E-state index in [0.717, 1.165) is 16.8 Å². The summed E-state index contributed by atoms with van der Waals surface area (Å²) in [5.41, 5.74) is 1.31. The van der Waals surface area contributed by atoms with E-state index >= 15 is 0 Å². The number of aromatic nitrogens is 2. The van der Waals surface area contributed by atoms with E-state index in [0.29, 0.717) is 67.4 Å². The van der Waals surface area contributed by atoms with Crippen LogP contribution in [0.2, 0.25) is 0 Å². The number of carbonyl (C=O) groups excluding carboxylic acids is 1. The van der Waals surface area contributed by atoms with Gasteiger partial charge in [0.1, 0.15) is 22.9 Å². The molecule has 0 aliphatic carbocycles. The van der Waals surface area contributed by atoms with Gasteiger partial charge in [0.15, 0.2) is 5.82 Å². The first-order chi connectivity index (χ1) is 17.4. The molecular weight excluding hydrogens is 488 g/mol. The smallest absolute Gasteiger partial charge is 0.235 e. The minimum atomic E-state index is -0.553. The number of likely N-dealkylation sites (tertiary alicyclic amines) is 1. The van der Waals surface area contributed by atoms with Gasteiger partial charge in [0.2, 0.25) is 5.91 Å². The number of aliphatic hydroxyl groups is 1. The number of ether oxygens (including phenoxy) is 1. The Morgan fingerprint density at radius 1 is 1.28 bits per heavy atom. The van der Waals surface area contributed by atoms with Crippen LogP contribution in [0.5, 0.6) is 5.75 Å². The maximum absolute atomic E-state index is 14.6. The molecular formula is C25H27F2N5O3S. The molecule has 1 fully saturated rings. The largest absolute Gasteiger partial charge is 0.497 e. The fourth-order valence-electron chi connectivity index (χ4n) is 4.72. The van der Waals surface area contributed by atoms with Gasteiger partial charge in [-0.25, -0.2) is 13.8 Å². The van der Waals surface area contributed by atoms with Crippen LogP contribution in [0.4, 0.5) is 14.6 Å². The quantitative estimate of drug-likeness (QED) is 0.421. The first-order valence-corrected chi connectivity index (χ1v) is 12.7. The highest BCUT2D eigenvalue weighted by Gasteiger charge is 2.31. The number of β-amino-alcohol motifs (C(OH)–C–C–N with tert-alkyl or cyclic N) is 1. The summed E-state index contributed by atoms with van der Waals surface area (Å²) in [6.45, 7) is 2.76. The van der Waals surface area contributed by atoms with Crippen LogP contribution < -0.4 is 15.4 Å². The lowest BCUT2D eigenvalue weighted by Crippen LogP contribution is -2.30. The number of amides is 1. The van der Waals surface area contributed by atoms with Crippen molar-refractivity contribution in [2.45, 2.75) is 24.0 Å². The summed E-state index contributed by atoms with van der Waals surface area (Å²) < 4.78 is 34.2. The van der Waals surface area contributed by atoms with Crippen molar-refractivity contribution < 1.29 is 23.4 Å². The SMILES string of the molecule is COc1cc(F)c2ncc(F)c(CCN3C[C@H](CNCc4ccc5c(n4)NC(=O)CS5)[C@H](O)C3)c2c1. The van der Waals surface area contributed by atoms with Gasteiger partial charge in [0.25, 0.3) is 0 Å². The standard InChI is InChI=1S/C25H27F2N5O3S/c1-35-16-6-18-17(20(27)10-29-24(18)19(26)7-16)4-5-32-11-14(21(33)12-32)8-28-9-15-2-3-22-25(30-15)31-23(34)13-36-22/h2-3,6-7,10,14,21,28,33H,4-5,8-9,11-13H2,1H3,(H,30,31,34)/t14-,21+/m0/s1. The summed E-state index contributed by atoms with van der Waals surface area (Å²) in [5.74, 6) is 0.222. The number of thioether (sulfide) groups is 1. The minimum absolute atomic E-state index is 0.00875. The van der Waals surface area contributed by atoms with Crippen LogP contribution in [0.15, 0.2) is 35.4 Å². The number of nitrogens with one attached hydrogen (secondary N) is 2. The van der Waals surface area contributed by atoms with Crippen LogP contribution in [0, 0.1) is 17.6 Å². The average Bonchev–Trinajstić information content (AvgIpc) is 3.22. The van der Waals surface area contributed by atoms with Crippen LogP contribution in [0.3, 0.4) is 0 Å². The second kappa shape index (κ2) is 10.6. The summed E-state index contributed by atoms with van der Waals surface area (Å²) >= 11 is 1.47. The second-order valence-corrected chi connectivity index (χ2v) is 10.1. The molecule has 2 aliphatic rings. The molecule has 36 heavy (non-hydrogen) atoms. The number of benzene rings is 1. The van der Waals surface area contributed by atoms with Gasteiger partial charge in [-0.15, -0.1) is 11.8 Å². The number of carbonyl (C=O) groups is 1. The highest BCUT2D eigenvalue weighted by molar-refractivity contribution is 8.00. The lowest BCUT2D eigenvalue weighted by Gasteiger charge is -2.18. The molecule has 0 bridgehead atoms. The van der Waals surface area contributed by atoms with Crippen LogP contribution in [0.1, 0.15) is 11.3 Å². The third kappa shape index (κ3) is 5.29. The van der Waals surface area contributed by atoms with E-state index in [1.54, 1.807) is 6.07 Å². The van der Waals surface area contributed by atoms with Crippen molar-refractivity contribution in [1.29, 1.82) is 0 Å². The van der Waals surface area contributed by atoms with Crippen LogP contribution in [-0.4, -0.2) is 71.0 Å². The van der Waals surface area contributed by atoms with Crippen molar-refractivity contribution in [1.82, 2.24) is 20.2 Å². The molecule has 5 rings (SSSR count). The highest BCUT2D eigenvalue weighted by Crippen LogP contribution is 2.30. The number of halogens is 2. The molecule has 1 aromatic carbocycles. The van der Waals surface area contributed by atoms with Crippen molar-refractivity contribution in [3.63, 3.8) is 0 Å². The average molecular weight is 516 g/mol. The molecule has 190 valence electrons. The maximum Gasteiger partial charge on any atom is 0.235 e. The van der Waals surface area contributed by atoms with Crippen LogP contribution >= 0.6 is 11.8 Å². The monoisotopic (exact) mass is 515 g/mol. The van der Waals surface area contributed by atoms with Gasteiger partial charge in [0, 0.05) is 55.7 Å². The number of rotatable bonds is 8. The summed E-state index contributed by atoms with van der Waals surface area (Å²) in [7, 11) is 1.44. The number of anilines is 1. The first kappa shape index (κ1) is 24.8. The molecule has 11 heteroatoms. The molecule has 3 aromatic rings. The molecule has 8 nitrogen and oxygen atoms in total. The minimum Gasteiger partial charge on any atom is -0.497 e. The normalized spacial score (nSPS) is 19.9.